The third-order valence-electron chi connectivity index (χ3n) is 2.12. The molecule has 0 radical (unpaired) electrons. The van der Waals surface area contributed by atoms with E-state index in [1.54, 1.807) is 12.1 Å². The zero-order valence-corrected chi connectivity index (χ0v) is 11.2. The van der Waals surface area contributed by atoms with Crippen LogP contribution in [0.2, 0.25) is 0 Å². The third kappa shape index (κ3) is 6.95. The zero-order valence-electron chi connectivity index (χ0n) is 10.4. The maximum atomic E-state index is 10.6. The molecule has 7 heteroatoms. The summed E-state index contributed by atoms with van der Waals surface area (Å²) in [6, 6.07) is 6.03. The second kappa shape index (κ2) is 9.55. The summed E-state index contributed by atoms with van der Waals surface area (Å²) in [4.78, 5) is 10.1. The lowest BCUT2D eigenvalue weighted by Crippen LogP contribution is -2.11. The maximum Gasteiger partial charge on any atom is 0.273 e. The second-order valence-corrected chi connectivity index (χ2v) is 3.89. The van der Waals surface area contributed by atoms with Crippen molar-refractivity contribution in [1.82, 2.24) is 0 Å². The lowest BCUT2D eigenvalue weighted by atomic mass is 10.3. The van der Waals surface area contributed by atoms with E-state index in [1.165, 1.54) is 12.1 Å². The zero-order chi connectivity index (χ0) is 13.9. The van der Waals surface area contributed by atoms with Gasteiger partial charge in [-0.15, -0.1) is 11.6 Å². The Bertz CT molecular complexity index is 388. The quantitative estimate of drug-likeness (QED) is 0.286. The normalized spacial score (nSPS) is 10.4. The molecule has 0 saturated carbocycles. The first-order valence-electron chi connectivity index (χ1n) is 5.82. The van der Waals surface area contributed by atoms with Crippen molar-refractivity contribution >= 4 is 17.3 Å². The van der Waals surface area contributed by atoms with E-state index in [0.29, 0.717) is 44.7 Å². The summed E-state index contributed by atoms with van der Waals surface area (Å²) in [7, 11) is 0. The Balaban J connectivity index is 2.12. The van der Waals surface area contributed by atoms with Gasteiger partial charge in [-0.3, -0.25) is 10.1 Å². The van der Waals surface area contributed by atoms with Gasteiger partial charge in [0.15, 0.2) is 0 Å². The van der Waals surface area contributed by atoms with Gasteiger partial charge in [-0.2, -0.15) is 0 Å². The number of nitro benzene ring substituents is 1. The van der Waals surface area contributed by atoms with Crippen molar-refractivity contribution in [3.05, 3.63) is 34.4 Å². The van der Waals surface area contributed by atoms with Crippen LogP contribution < -0.4 is 4.74 Å². The molecule has 0 unspecified atom stereocenters. The number of ether oxygens (including phenoxy) is 3. The van der Waals surface area contributed by atoms with E-state index in [2.05, 4.69) is 0 Å². The van der Waals surface area contributed by atoms with Gasteiger partial charge in [0.05, 0.1) is 37.4 Å². The molecule has 0 spiro atoms. The summed E-state index contributed by atoms with van der Waals surface area (Å²) in [5, 5.41) is 10.6. The Hall–Kier alpha value is -1.37. The van der Waals surface area contributed by atoms with Crippen molar-refractivity contribution in [2.24, 2.45) is 0 Å². The first kappa shape index (κ1) is 15.7. The predicted molar refractivity (Wildman–Crippen MR) is 70.9 cm³/mol. The van der Waals surface area contributed by atoms with Crippen LogP contribution in [-0.4, -0.2) is 43.8 Å². The van der Waals surface area contributed by atoms with Gasteiger partial charge < -0.3 is 14.2 Å². The van der Waals surface area contributed by atoms with Crippen molar-refractivity contribution < 1.29 is 19.1 Å². The Labute approximate surface area is 116 Å². The van der Waals surface area contributed by atoms with Crippen LogP contribution >= 0.6 is 11.6 Å². The van der Waals surface area contributed by atoms with Crippen LogP contribution in [0.1, 0.15) is 0 Å². The van der Waals surface area contributed by atoms with E-state index in [1.807, 2.05) is 0 Å². The molecule has 0 aliphatic heterocycles. The molecular formula is C12H16ClNO5. The van der Waals surface area contributed by atoms with Crippen molar-refractivity contribution in [3.63, 3.8) is 0 Å². The van der Waals surface area contributed by atoms with Crippen LogP contribution in [0.4, 0.5) is 5.69 Å². The first-order chi connectivity index (χ1) is 9.24. The number of hydrogen-bond acceptors (Lipinski definition) is 5. The van der Waals surface area contributed by atoms with E-state index in [9.17, 15) is 10.1 Å². The highest BCUT2D eigenvalue weighted by molar-refractivity contribution is 6.17. The highest BCUT2D eigenvalue weighted by Crippen LogP contribution is 2.18. The highest BCUT2D eigenvalue weighted by atomic mass is 35.5. The molecular weight excluding hydrogens is 274 g/mol. The SMILES string of the molecule is O=[N+]([O-])c1cccc(OCCOCCOCCCl)c1. The number of nitro groups is 1. The fourth-order valence-electron chi connectivity index (χ4n) is 1.28. The van der Waals surface area contributed by atoms with E-state index < -0.39 is 4.92 Å². The van der Waals surface area contributed by atoms with Gasteiger partial charge in [-0.25, -0.2) is 0 Å². The van der Waals surface area contributed by atoms with Crippen molar-refractivity contribution in [1.29, 1.82) is 0 Å². The molecule has 0 aliphatic carbocycles. The molecule has 0 aliphatic rings. The van der Waals surface area contributed by atoms with Gasteiger partial charge in [0.2, 0.25) is 0 Å². The summed E-state index contributed by atoms with van der Waals surface area (Å²) >= 11 is 5.43. The largest absolute Gasteiger partial charge is 0.491 e. The van der Waals surface area contributed by atoms with Crippen LogP contribution in [0.15, 0.2) is 24.3 Å². The van der Waals surface area contributed by atoms with Gasteiger partial charge in [-0.1, -0.05) is 6.07 Å². The van der Waals surface area contributed by atoms with Gasteiger partial charge in [0, 0.05) is 11.9 Å². The minimum Gasteiger partial charge on any atom is -0.491 e. The van der Waals surface area contributed by atoms with Crippen LogP contribution in [0.3, 0.4) is 0 Å². The summed E-state index contributed by atoms with van der Waals surface area (Å²) in [6.45, 7) is 2.19. The molecule has 1 aromatic rings. The van der Waals surface area contributed by atoms with Crippen molar-refractivity contribution in [2.45, 2.75) is 0 Å². The van der Waals surface area contributed by atoms with Crippen molar-refractivity contribution in [2.75, 3.05) is 38.9 Å². The van der Waals surface area contributed by atoms with E-state index >= 15 is 0 Å². The highest BCUT2D eigenvalue weighted by Gasteiger charge is 2.05. The standard InChI is InChI=1S/C12H16ClNO5/c13-4-5-17-6-7-18-8-9-19-12-3-1-2-11(10-12)14(15)16/h1-3,10H,4-9H2. The second-order valence-electron chi connectivity index (χ2n) is 3.52. The summed E-state index contributed by atoms with van der Waals surface area (Å²) < 4.78 is 15.7. The van der Waals surface area contributed by atoms with Gasteiger partial charge in [0.1, 0.15) is 12.4 Å². The van der Waals surface area contributed by atoms with Crippen LogP contribution in [0.25, 0.3) is 0 Å². The van der Waals surface area contributed by atoms with Crippen LogP contribution in [0.5, 0.6) is 5.75 Å². The summed E-state index contributed by atoms with van der Waals surface area (Å²) in [5.41, 5.74) is 0.00731. The fraction of sp³-hybridized carbons (Fsp3) is 0.500. The molecule has 0 amide bonds. The average Bonchev–Trinajstić information content (AvgIpc) is 2.42. The lowest BCUT2D eigenvalue weighted by molar-refractivity contribution is -0.384. The first-order valence-corrected chi connectivity index (χ1v) is 6.36. The van der Waals surface area contributed by atoms with Gasteiger partial charge in [-0.05, 0) is 6.07 Å². The topological polar surface area (TPSA) is 70.8 Å². The van der Waals surface area contributed by atoms with E-state index in [0.717, 1.165) is 0 Å². The number of alkyl halides is 1. The van der Waals surface area contributed by atoms with Crippen molar-refractivity contribution in [3.8, 4) is 5.75 Å². The molecule has 106 valence electrons. The summed E-state index contributed by atoms with van der Waals surface area (Å²) in [5.74, 6) is 0.923. The molecule has 0 heterocycles. The fourth-order valence-corrected chi connectivity index (χ4v) is 1.39. The number of rotatable bonds is 10. The van der Waals surface area contributed by atoms with Gasteiger partial charge in [0.25, 0.3) is 5.69 Å². The number of halogens is 1. The molecule has 0 saturated heterocycles. The number of hydrogen-bond donors (Lipinski definition) is 0. The van der Waals surface area contributed by atoms with E-state index in [4.69, 9.17) is 25.8 Å². The minimum atomic E-state index is -0.461. The molecule has 0 bridgehead atoms. The monoisotopic (exact) mass is 289 g/mol. The molecule has 0 aromatic heterocycles. The number of benzene rings is 1. The average molecular weight is 290 g/mol. The Morgan fingerprint density at radius 3 is 2.47 bits per heavy atom. The Morgan fingerprint density at radius 1 is 1.11 bits per heavy atom. The predicted octanol–water partition coefficient (Wildman–Crippen LogP) is 2.25. The third-order valence-corrected chi connectivity index (χ3v) is 2.27. The minimum absolute atomic E-state index is 0.00731. The van der Waals surface area contributed by atoms with E-state index in [-0.39, 0.29) is 5.69 Å². The smallest absolute Gasteiger partial charge is 0.273 e. The Kier molecular flexibility index (Phi) is 7.88. The molecule has 0 fully saturated rings. The molecule has 6 nitrogen and oxygen atoms in total. The number of non-ortho nitro benzene ring substituents is 1. The van der Waals surface area contributed by atoms with Crippen LogP contribution in [0, 0.1) is 10.1 Å². The van der Waals surface area contributed by atoms with Crippen LogP contribution in [-0.2, 0) is 9.47 Å². The Morgan fingerprint density at radius 2 is 1.79 bits per heavy atom. The number of nitrogens with zero attached hydrogens (tertiary/aromatic N) is 1. The molecule has 19 heavy (non-hydrogen) atoms. The lowest BCUT2D eigenvalue weighted by Gasteiger charge is -2.07. The molecule has 1 aromatic carbocycles. The maximum absolute atomic E-state index is 10.6. The molecule has 0 atom stereocenters. The van der Waals surface area contributed by atoms with Gasteiger partial charge >= 0.3 is 0 Å². The molecule has 1 rings (SSSR count). The summed E-state index contributed by atoms with van der Waals surface area (Å²) in [6.07, 6.45) is 0. The molecule has 0 N–H and O–H groups in total.